The summed E-state index contributed by atoms with van der Waals surface area (Å²) >= 11 is 0. The maximum atomic E-state index is 12.5. The van der Waals surface area contributed by atoms with Crippen LogP contribution in [0.4, 0.5) is 13.2 Å². The second-order valence-electron chi connectivity index (χ2n) is 3.51. The number of phenolic OH excluding ortho intramolecular Hbond substituents is 1. The summed E-state index contributed by atoms with van der Waals surface area (Å²) in [6.45, 7) is 0. The van der Waals surface area contributed by atoms with Crippen molar-refractivity contribution in [3.8, 4) is 16.9 Å². The maximum Gasteiger partial charge on any atom is 0.417 e. The average Bonchev–Trinajstić information content (AvgIpc) is 2.28. The minimum atomic E-state index is -4.42. The molecule has 2 nitrogen and oxygen atoms in total. The molecule has 0 bridgehead atoms. The van der Waals surface area contributed by atoms with Crippen LogP contribution in [0.1, 0.15) is 5.56 Å². The van der Waals surface area contributed by atoms with E-state index in [9.17, 15) is 18.3 Å². The first-order chi connectivity index (χ1) is 7.97. The molecule has 1 heterocycles. The fourth-order valence-corrected chi connectivity index (χ4v) is 1.44. The molecule has 1 aromatic heterocycles. The van der Waals surface area contributed by atoms with E-state index in [4.69, 9.17) is 0 Å². The molecular formula is C12H8F3NO. The molecule has 2 aromatic rings. The Labute approximate surface area is 95.4 Å². The van der Waals surface area contributed by atoms with Crippen LogP contribution in [0.25, 0.3) is 11.1 Å². The van der Waals surface area contributed by atoms with E-state index in [0.717, 1.165) is 12.3 Å². The van der Waals surface area contributed by atoms with E-state index in [0.29, 0.717) is 11.1 Å². The van der Waals surface area contributed by atoms with Gasteiger partial charge >= 0.3 is 6.18 Å². The monoisotopic (exact) mass is 239 g/mol. The first-order valence-electron chi connectivity index (χ1n) is 4.78. The number of aromatic hydroxyl groups is 1. The van der Waals surface area contributed by atoms with Crippen molar-refractivity contribution in [3.63, 3.8) is 0 Å². The van der Waals surface area contributed by atoms with Gasteiger partial charge in [-0.05, 0) is 23.8 Å². The van der Waals surface area contributed by atoms with Gasteiger partial charge in [0.2, 0.25) is 0 Å². The van der Waals surface area contributed by atoms with Crippen LogP contribution >= 0.6 is 0 Å². The summed E-state index contributed by atoms with van der Waals surface area (Å²) < 4.78 is 37.4. The molecule has 0 unspecified atom stereocenters. The summed E-state index contributed by atoms with van der Waals surface area (Å²) in [7, 11) is 0. The molecule has 5 heteroatoms. The van der Waals surface area contributed by atoms with E-state index < -0.39 is 11.7 Å². The molecule has 0 saturated carbocycles. The Morgan fingerprint density at radius 3 is 2.41 bits per heavy atom. The lowest BCUT2D eigenvalue weighted by molar-refractivity contribution is -0.137. The van der Waals surface area contributed by atoms with Gasteiger partial charge in [-0.25, -0.2) is 0 Å². The SMILES string of the molecule is Oc1cccc(-c2cncc(C(F)(F)F)c2)c1. The minimum Gasteiger partial charge on any atom is -0.508 e. The lowest BCUT2D eigenvalue weighted by Crippen LogP contribution is -2.05. The average molecular weight is 239 g/mol. The second-order valence-corrected chi connectivity index (χ2v) is 3.51. The quantitative estimate of drug-likeness (QED) is 0.826. The van der Waals surface area contributed by atoms with Crippen LogP contribution in [0.3, 0.4) is 0 Å². The van der Waals surface area contributed by atoms with Crippen LogP contribution < -0.4 is 0 Å². The van der Waals surface area contributed by atoms with Gasteiger partial charge in [0.15, 0.2) is 0 Å². The Morgan fingerprint density at radius 2 is 1.76 bits per heavy atom. The third kappa shape index (κ3) is 2.55. The standard InChI is InChI=1S/C12H8F3NO/c13-12(14,15)10-4-9(6-16-7-10)8-2-1-3-11(17)5-8/h1-7,17H. The van der Waals surface area contributed by atoms with Crippen LogP contribution in [0.2, 0.25) is 0 Å². The molecule has 0 aliphatic rings. The molecule has 0 amide bonds. The molecule has 0 aliphatic heterocycles. The zero-order valence-electron chi connectivity index (χ0n) is 8.57. The van der Waals surface area contributed by atoms with Gasteiger partial charge in [-0.3, -0.25) is 4.98 Å². The highest BCUT2D eigenvalue weighted by Gasteiger charge is 2.31. The topological polar surface area (TPSA) is 33.1 Å². The van der Waals surface area contributed by atoms with E-state index >= 15 is 0 Å². The molecule has 1 aromatic carbocycles. The fraction of sp³-hybridized carbons (Fsp3) is 0.0833. The van der Waals surface area contributed by atoms with Crippen LogP contribution in [0, 0.1) is 0 Å². The van der Waals surface area contributed by atoms with E-state index in [1.165, 1.54) is 18.3 Å². The van der Waals surface area contributed by atoms with Crippen LogP contribution in [0.5, 0.6) is 5.75 Å². The highest BCUT2D eigenvalue weighted by Crippen LogP contribution is 2.31. The van der Waals surface area contributed by atoms with E-state index in [1.807, 2.05) is 0 Å². The lowest BCUT2D eigenvalue weighted by atomic mass is 10.1. The number of pyridine rings is 1. The number of alkyl halides is 3. The van der Waals surface area contributed by atoms with Crippen molar-refractivity contribution in [2.75, 3.05) is 0 Å². The Bertz CT molecular complexity index is 537. The molecule has 0 atom stereocenters. The van der Waals surface area contributed by atoms with Gasteiger partial charge in [-0.15, -0.1) is 0 Å². The normalized spacial score (nSPS) is 11.5. The molecule has 0 radical (unpaired) electrons. The van der Waals surface area contributed by atoms with Crippen molar-refractivity contribution in [1.29, 1.82) is 0 Å². The van der Waals surface area contributed by atoms with Crippen LogP contribution in [-0.2, 0) is 6.18 Å². The summed E-state index contributed by atoms with van der Waals surface area (Å²) in [5.74, 6) is -0.0000817. The predicted molar refractivity (Wildman–Crippen MR) is 56.3 cm³/mol. The summed E-state index contributed by atoms with van der Waals surface area (Å²) in [5, 5.41) is 9.26. The first kappa shape index (κ1) is 11.4. The Hall–Kier alpha value is -2.04. The number of nitrogens with zero attached hydrogens (tertiary/aromatic N) is 1. The Balaban J connectivity index is 2.47. The number of halogens is 3. The predicted octanol–water partition coefficient (Wildman–Crippen LogP) is 3.47. The number of aromatic nitrogens is 1. The molecule has 17 heavy (non-hydrogen) atoms. The number of hydrogen-bond acceptors (Lipinski definition) is 2. The van der Waals surface area contributed by atoms with Gasteiger partial charge in [0, 0.05) is 18.0 Å². The third-order valence-corrected chi connectivity index (χ3v) is 2.25. The summed E-state index contributed by atoms with van der Waals surface area (Å²) in [5.41, 5.74) is -0.00216. The summed E-state index contributed by atoms with van der Waals surface area (Å²) in [6, 6.07) is 7.01. The highest BCUT2D eigenvalue weighted by atomic mass is 19.4. The van der Waals surface area contributed by atoms with Crippen molar-refractivity contribution in [1.82, 2.24) is 4.98 Å². The third-order valence-electron chi connectivity index (χ3n) is 2.25. The van der Waals surface area contributed by atoms with Crippen molar-refractivity contribution < 1.29 is 18.3 Å². The molecule has 2 rings (SSSR count). The molecule has 1 N–H and O–H groups in total. The molecule has 0 fully saturated rings. The van der Waals surface area contributed by atoms with Gasteiger partial charge in [0.05, 0.1) is 5.56 Å². The molecular weight excluding hydrogens is 231 g/mol. The fourth-order valence-electron chi connectivity index (χ4n) is 1.44. The molecule has 0 aliphatic carbocycles. The largest absolute Gasteiger partial charge is 0.508 e. The molecule has 0 spiro atoms. The molecule has 0 saturated heterocycles. The van der Waals surface area contributed by atoms with Crippen LogP contribution in [-0.4, -0.2) is 10.1 Å². The van der Waals surface area contributed by atoms with Gasteiger partial charge in [0.25, 0.3) is 0 Å². The van der Waals surface area contributed by atoms with Gasteiger partial charge < -0.3 is 5.11 Å². The Kier molecular flexibility index (Phi) is 2.75. The lowest BCUT2D eigenvalue weighted by Gasteiger charge is -2.08. The highest BCUT2D eigenvalue weighted by molar-refractivity contribution is 5.64. The van der Waals surface area contributed by atoms with E-state index in [1.54, 1.807) is 12.1 Å². The van der Waals surface area contributed by atoms with E-state index in [-0.39, 0.29) is 5.75 Å². The summed E-state index contributed by atoms with van der Waals surface area (Å²) in [4.78, 5) is 3.56. The van der Waals surface area contributed by atoms with Gasteiger partial charge in [-0.2, -0.15) is 13.2 Å². The number of rotatable bonds is 1. The number of benzene rings is 1. The van der Waals surface area contributed by atoms with Crippen LogP contribution in [0.15, 0.2) is 42.7 Å². The van der Waals surface area contributed by atoms with Gasteiger partial charge in [0.1, 0.15) is 5.75 Å². The smallest absolute Gasteiger partial charge is 0.417 e. The number of phenols is 1. The van der Waals surface area contributed by atoms with Gasteiger partial charge in [-0.1, -0.05) is 12.1 Å². The van der Waals surface area contributed by atoms with Crippen molar-refractivity contribution >= 4 is 0 Å². The number of hydrogen-bond donors (Lipinski definition) is 1. The van der Waals surface area contributed by atoms with Crippen molar-refractivity contribution in [2.24, 2.45) is 0 Å². The molecule has 88 valence electrons. The maximum absolute atomic E-state index is 12.5. The minimum absolute atomic E-state index is 0.0000817. The first-order valence-corrected chi connectivity index (χ1v) is 4.78. The second kappa shape index (κ2) is 4.08. The zero-order chi connectivity index (χ0) is 12.5. The summed E-state index contributed by atoms with van der Waals surface area (Å²) in [6.07, 6.45) is -2.32. The van der Waals surface area contributed by atoms with Crippen molar-refractivity contribution in [3.05, 3.63) is 48.3 Å². The van der Waals surface area contributed by atoms with Crippen molar-refractivity contribution in [2.45, 2.75) is 6.18 Å². The Morgan fingerprint density at radius 1 is 1.00 bits per heavy atom. The van der Waals surface area contributed by atoms with E-state index in [2.05, 4.69) is 4.98 Å². The zero-order valence-corrected chi connectivity index (χ0v) is 8.57.